The molecule has 0 N–H and O–H groups in total. The quantitative estimate of drug-likeness (QED) is 0.763. The van der Waals surface area contributed by atoms with E-state index in [1.165, 1.54) is 12.0 Å². The molecule has 0 aromatic heterocycles. The fourth-order valence-corrected chi connectivity index (χ4v) is 1.02. The molecule has 1 aromatic rings. The van der Waals surface area contributed by atoms with Crippen LogP contribution in [0.15, 0.2) is 30.3 Å². The summed E-state index contributed by atoms with van der Waals surface area (Å²) in [6.45, 7) is 4.48. The van der Waals surface area contributed by atoms with Gasteiger partial charge in [0.25, 0.3) is 0 Å². The molecular weight excluding hydrogens is 255 g/mol. The van der Waals surface area contributed by atoms with Gasteiger partial charge < -0.3 is 0 Å². The highest BCUT2D eigenvalue weighted by atomic mass is 36.0. The molecule has 2 nitrogen and oxygen atoms in total. The highest BCUT2D eigenvalue weighted by Gasteiger charge is 1.98. The van der Waals surface area contributed by atoms with Crippen LogP contribution in [0.1, 0.15) is 31.7 Å². The van der Waals surface area contributed by atoms with Crippen molar-refractivity contribution in [2.75, 3.05) is 0 Å². The molecule has 1 atom stereocenters. The largest absolute Gasteiger partial charge is 0.317 e. The van der Waals surface area contributed by atoms with E-state index in [4.69, 9.17) is 8.42 Å². The van der Waals surface area contributed by atoms with Crippen molar-refractivity contribution < 1.29 is 8.42 Å². The second-order valence-electron chi connectivity index (χ2n) is 3.10. The van der Waals surface area contributed by atoms with Gasteiger partial charge in [-0.2, -0.15) is 8.42 Å². The molecular formula is C10H14Cl2O2S. The molecule has 1 aromatic carbocycles. The Kier molecular flexibility index (Phi) is 6.98. The Hall–Kier alpha value is -0.250. The predicted molar refractivity (Wildman–Crippen MR) is 65.8 cm³/mol. The number of halogens is 2. The molecule has 0 bridgehead atoms. The molecule has 15 heavy (non-hydrogen) atoms. The van der Waals surface area contributed by atoms with Gasteiger partial charge in [-0.1, -0.05) is 44.2 Å². The Labute approximate surface area is 100 Å². The third-order valence-corrected chi connectivity index (χ3v) is 1.98. The summed E-state index contributed by atoms with van der Waals surface area (Å²) in [6.07, 6.45) is 1.23. The van der Waals surface area contributed by atoms with Crippen molar-refractivity contribution in [3.05, 3.63) is 35.9 Å². The maximum Gasteiger partial charge on any atom is 0.317 e. The number of hydrogen-bond acceptors (Lipinski definition) is 2. The molecule has 0 heterocycles. The Morgan fingerprint density at radius 1 is 1.20 bits per heavy atom. The zero-order chi connectivity index (χ0) is 11.9. The summed E-state index contributed by atoms with van der Waals surface area (Å²) >= 11 is 0. The van der Waals surface area contributed by atoms with Gasteiger partial charge in [-0.15, -0.1) is 0 Å². The van der Waals surface area contributed by atoms with Crippen LogP contribution in [0.2, 0.25) is 0 Å². The normalized spacial score (nSPS) is 12.5. The first-order chi connectivity index (χ1) is 6.84. The number of benzene rings is 1. The molecule has 0 fully saturated rings. The molecule has 0 saturated heterocycles. The van der Waals surface area contributed by atoms with Crippen molar-refractivity contribution >= 4 is 29.6 Å². The minimum atomic E-state index is -3.72. The lowest BCUT2D eigenvalue weighted by Crippen LogP contribution is -1.88. The van der Waals surface area contributed by atoms with Gasteiger partial charge in [0.2, 0.25) is 0 Å². The van der Waals surface area contributed by atoms with Crippen LogP contribution in [0, 0.1) is 0 Å². The number of rotatable bonds is 2. The van der Waals surface area contributed by atoms with Crippen molar-refractivity contribution in [1.82, 2.24) is 0 Å². The highest BCUT2D eigenvalue weighted by molar-refractivity contribution is 8.31. The van der Waals surface area contributed by atoms with Crippen LogP contribution in [0.25, 0.3) is 0 Å². The minimum absolute atomic E-state index is 0.709. The van der Waals surface area contributed by atoms with E-state index in [1.807, 2.05) is 0 Å². The zero-order valence-corrected chi connectivity index (χ0v) is 11.0. The molecule has 0 spiro atoms. The van der Waals surface area contributed by atoms with Crippen LogP contribution < -0.4 is 0 Å². The first-order valence-corrected chi connectivity index (χ1v) is 7.67. The zero-order valence-electron chi connectivity index (χ0n) is 8.65. The summed E-state index contributed by atoms with van der Waals surface area (Å²) < 4.78 is 18.3. The van der Waals surface area contributed by atoms with E-state index in [-0.39, 0.29) is 0 Å². The van der Waals surface area contributed by atoms with Gasteiger partial charge in [0, 0.05) is 21.4 Å². The molecule has 1 rings (SSSR count). The molecule has 0 radical (unpaired) electrons. The van der Waals surface area contributed by atoms with Crippen molar-refractivity contribution in [1.29, 1.82) is 0 Å². The second kappa shape index (κ2) is 7.09. The standard InChI is InChI=1S/C10H14.Cl2O2S/c1-3-9(2)10-7-5-4-6-8-10;1-5(2,3)4/h4-9H,3H2,1-2H3;. The number of hydrogen-bond donors (Lipinski definition) is 0. The molecule has 86 valence electrons. The first-order valence-electron chi connectivity index (χ1n) is 4.53. The van der Waals surface area contributed by atoms with E-state index in [9.17, 15) is 0 Å². The average molecular weight is 269 g/mol. The molecule has 0 saturated carbocycles. The van der Waals surface area contributed by atoms with Crippen LogP contribution in [0.4, 0.5) is 0 Å². The van der Waals surface area contributed by atoms with Gasteiger partial charge in [0.05, 0.1) is 0 Å². The maximum absolute atomic E-state index is 9.16. The van der Waals surface area contributed by atoms with Crippen LogP contribution in [0.5, 0.6) is 0 Å². The summed E-state index contributed by atoms with van der Waals surface area (Å²) in [4.78, 5) is 0. The van der Waals surface area contributed by atoms with Crippen molar-refractivity contribution in [2.45, 2.75) is 26.2 Å². The van der Waals surface area contributed by atoms with E-state index < -0.39 is 8.26 Å². The average Bonchev–Trinajstić information content (AvgIpc) is 2.15. The molecule has 5 heteroatoms. The van der Waals surface area contributed by atoms with Gasteiger partial charge in [-0.3, -0.25) is 0 Å². The SMILES string of the molecule is CCC(C)c1ccccc1.O=S(=O)(Cl)Cl. The first kappa shape index (κ1) is 14.8. The Balaban J connectivity index is 0.000000336. The van der Waals surface area contributed by atoms with E-state index in [1.54, 1.807) is 0 Å². The van der Waals surface area contributed by atoms with Crippen LogP contribution >= 0.6 is 21.4 Å². The monoisotopic (exact) mass is 268 g/mol. The van der Waals surface area contributed by atoms with Gasteiger partial charge in [-0.05, 0) is 17.9 Å². The van der Waals surface area contributed by atoms with E-state index >= 15 is 0 Å². The molecule has 0 amide bonds. The van der Waals surface area contributed by atoms with Crippen LogP contribution in [0.3, 0.4) is 0 Å². The third kappa shape index (κ3) is 10.0. The van der Waals surface area contributed by atoms with E-state index in [0.717, 1.165) is 0 Å². The molecule has 0 aliphatic rings. The van der Waals surface area contributed by atoms with Crippen LogP contribution in [-0.2, 0) is 8.26 Å². The van der Waals surface area contributed by atoms with E-state index in [2.05, 4.69) is 65.5 Å². The van der Waals surface area contributed by atoms with E-state index in [0.29, 0.717) is 5.92 Å². The van der Waals surface area contributed by atoms with Gasteiger partial charge >= 0.3 is 8.26 Å². The summed E-state index contributed by atoms with van der Waals surface area (Å²) in [5, 5.41) is 0. The van der Waals surface area contributed by atoms with Gasteiger partial charge in [0.15, 0.2) is 0 Å². The lowest BCUT2D eigenvalue weighted by molar-refractivity contribution is 0.621. The smallest absolute Gasteiger partial charge is 0.195 e. The Bertz CT molecular complexity index is 354. The molecule has 1 unspecified atom stereocenters. The molecule has 0 aliphatic carbocycles. The van der Waals surface area contributed by atoms with Crippen molar-refractivity contribution in [3.8, 4) is 0 Å². The lowest BCUT2D eigenvalue weighted by Gasteiger charge is -2.06. The second-order valence-corrected chi connectivity index (χ2v) is 6.77. The fraction of sp³-hybridized carbons (Fsp3) is 0.400. The third-order valence-electron chi connectivity index (χ3n) is 1.98. The Morgan fingerprint density at radius 3 is 1.93 bits per heavy atom. The minimum Gasteiger partial charge on any atom is -0.195 e. The topological polar surface area (TPSA) is 34.1 Å². The van der Waals surface area contributed by atoms with Gasteiger partial charge in [0.1, 0.15) is 0 Å². The highest BCUT2D eigenvalue weighted by Crippen LogP contribution is 2.16. The summed E-state index contributed by atoms with van der Waals surface area (Å²) in [6, 6.07) is 10.6. The van der Waals surface area contributed by atoms with Gasteiger partial charge in [-0.25, -0.2) is 0 Å². The fourth-order valence-electron chi connectivity index (χ4n) is 1.02. The summed E-state index contributed by atoms with van der Waals surface area (Å²) in [7, 11) is 4.81. The summed E-state index contributed by atoms with van der Waals surface area (Å²) in [5.41, 5.74) is 1.45. The predicted octanol–water partition coefficient (Wildman–Crippen LogP) is 3.91. The summed E-state index contributed by atoms with van der Waals surface area (Å²) in [5.74, 6) is 0.709. The maximum atomic E-state index is 9.16. The molecule has 0 aliphatic heterocycles. The van der Waals surface area contributed by atoms with Crippen molar-refractivity contribution in [3.63, 3.8) is 0 Å². The van der Waals surface area contributed by atoms with Crippen LogP contribution in [-0.4, -0.2) is 8.42 Å². The lowest BCUT2D eigenvalue weighted by atomic mass is 9.99. The van der Waals surface area contributed by atoms with Crippen molar-refractivity contribution in [2.24, 2.45) is 0 Å². The Morgan fingerprint density at radius 2 is 1.60 bits per heavy atom.